The van der Waals surface area contributed by atoms with Crippen LogP contribution >= 0.6 is 11.3 Å². The molecule has 0 N–H and O–H groups in total. The van der Waals surface area contributed by atoms with Gasteiger partial charge in [0.05, 0.1) is 16.8 Å². The number of halogens is 1. The minimum atomic E-state index is -0.562. The van der Waals surface area contributed by atoms with Crippen LogP contribution in [0.2, 0.25) is 0 Å². The minimum Gasteiger partial charge on any atom is -0.465 e. The second kappa shape index (κ2) is 7.84. The van der Waals surface area contributed by atoms with E-state index < -0.39 is 17.7 Å². The van der Waals surface area contributed by atoms with E-state index >= 15 is 0 Å². The molecule has 0 spiro atoms. The van der Waals surface area contributed by atoms with Gasteiger partial charge in [0.1, 0.15) is 12.4 Å². The highest BCUT2D eigenvalue weighted by Crippen LogP contribution is 2.23. The van der Waals surface area contributed by atoms with Crippen LogP contribution in [-0.4, -0.2) is 23.1 Å². The molecule has 0 aliphatic heterocycles. The molecule has 1 amide bonds. The van der Waals surface area contributed by atoms with E-state index in [1.807, 2.05) is 26.0 Å². The number of rotatable bonds is 4. The lowest BCUT2D eigenvalue weighted by Crippen LogP contribution is -2.23. The quantitative estimate of drug-likeness (QED) is 0.642. The van der Waals surface area contributed by atoms with Crippen LogP contribution in [0.25, 0.3) is 10.2 Å². The number of carbonyl (C=O) groups is 2. The molecule has 0 fully saturated rings. The van der Waals surface area contributed by atoms with Gasteiger partial charge >= 0.3 is 5.97 Å². The Bertz CT molecular complexity index is 1100. The Balaban J connectivity index is 2.17. The fraction of sp³-hybridized carbons (Fsp3) is 0.250. The van der Waals surface area contributed by atoms with Crippen LogP contribution in [0.15, 0.2) is 41.4 Å². The molecule has 0 unspecified atom stereocenters. The number of hydrogen-bond acceptors (Lipinski definition) is 4. The van der Waals surface area contributed by atoms with E-state index in [0.717, 1.165) is 27.4 Å². The van der Waals surface area contributed by atoms with Crippen LogP contribution in [0.5, 0.6) is 0 Å². The number of amides is 1. The van der Waals surface area contributed by atoms with Crippen molar-refractivity contribution in [2.45, 2.75) is 27.3 Å². The molecule has 0 radical (unpaired) electrons. The van der Waals surface area contributed by atoms with E-state index in [0.29, 0.717) is 4.80 Å². The molecule has 2 aromatic carbocycles. The van der Waals surface area contributed by atoms with E-state index in [-0.39, 0.29) is 18.7 Å². The van der Waals surface area contributed by atoms with Gasteiger partial charge in [-0.2, -0.15) is 4.99 Å². The molecule has 1 heterocycles. The van der Waals surface area contributed by atoms with Gasteiger partial charge in [-0.05, 0) is 56.2 Å². The van der Waals surface area contributed by atoms with E-state index in [1.54, 1.807) is 11.5 Å². The zero-order valence-corrected chi connectivity index (χ0v) is 16.1. The highest BCUT2D eigenvalue weighted by atomic mass is 32.1. The van der Waals surface area contributed by atoms with Crippen LogP contribution in [0, 0.1) is 19.7 Å². The van der Waals surface area contributed by atoms with Gasteiger partial charge in [0.25, 0.3) is 5.91 Å². The molecule has 1 aromatic heterocycles. The fourth-order valence-corrected chi connectivity index (χ4v) is 3.94. The number of hydrogen-bond donors (Lipinski definition) is 0. The molecule has 0 aliphatic rings. The minimum absolute atomic E-state index is 0.0496. The number of aryl methyl sites for hydroxylation is 2. The van der Waals surface area contributed by atoms with Crippen molar-refractivity contribution in [3.05, 3.63) is 63.7 Å². The first-order chi connectivity index (χ1) is 12.9. The standard InChI is InChI=1S/C20H19FN2O3S/c1-4-26-17(24)11-23-16-9-12(2)8-13(3)18(16)27-20(23)22-19(25)14-6-5-7-15(21)10-14/h5-10H,4,11H2,1-3H3. The molecule has 0 atom stereocenters. The number of thiazole rings is 1. The third kappa shape index (κ3) is 4.14. The Hall–Kier alpha value is -2.80. The van der Waals surface area contributed by atoms with E-state index in [9.17, 15) is 14.0 Å². The number of esters is 1. The lowest BCUT2D eigenvalue weighted by Gasteiger charge is -2.06. The SMILES string of the molecule is CCOC(=O)Cn1c(=NC(=O)c2cccc(F)c2)sc2c(C)cc(C)cc21. The van der Waals surface area contributed by atoms with Crippen LogP contribution in [0.1, 0.15) is 28.4 Å². The molecule has 140 valence electrons. The molecular formula is C20H19FN2O3S. The number of carbonyl (C=O) groups excluding carboxylic acids is 2. The van der Waals surface area contributed by atoms with Gasteiger partial charge in [-0.3, -0.25) is 9.59 Å². The first kappa shape index (κ1) is 19.0. The summed E-state index contributed by atoms with van der Waals surface area (Å²) in [6, 6.07) is 9.36. The molecule has 27 heavy (non-hydrogen) atoms. The lowest BCUT2D eigenvalue weighted by atomic mass is 10.1. The molecule has 3 aromatic rings. The number of fused-ring (bicyclic) bond motifs is 1. The summed E-state index contributed by atoms with van der Waals surface area (Å²) in [6.07, 6.45) is 0. The summed E-state index contributed by atoms with van der Waals surface area (Å²) in [6.45, 7) is 5.90. The predicted molar refractivity (Wildman–Crippen MR) is 102 cm³/mol. The van der Waals surface area contributed by atoms with Crippen LogP contribution in [-0.2, 0) is 16.1 Å². The summed E-state index contributed by atoms with van der Waals surface area (Å²) in [5.41, 5.74) is 3.05. The first-order valence-electron chi connectivity index (χ1n) is 8.50. The van der Waals surface area contributed by atoms with Gasteiger partial charge in [0.2, 0.25) is 0 Å². The lowest BCUT2D eigenvalue weighted by molar-refractivity contribution is -0.143. The Morgan fingerprint density at radius 2 is 2.00 bits per heavy atom. The number of aromatic nitrogens is 1. The second-order valence-electron chi connectivity index (χ2n) is 6.13. The number of nitrogens with zero attached hydrogens (tertiary/aromatic N) is 2. The summed E-state index contributed by atoms with van der Waals surface area (Å²) in [7, 11) is 0. The molecule has 0 aliphatic carbocycles. The largest absolute Gasteiger partial charge is 0.465 e. The molecule has 5 nitrogen and oxygen atoms in total. The van der Waals surface area contributed by atoms with E-state index in [4.69, 9.17) is 4.74 Å². The molecular weight excluding hydrogens is 367 g/mol. The van der Waals surface area contributed by atoms with E-state index in [1.165, 1.54) is 29.5 Å². The van der Waals surface area contributed by atoms with Crippen molar-refractivity contribution in [3.8, 4) is 0 Å². The molecule has 0 bridgehead atoms. The molecule has 3 rings (SSSR count). The topological polar surface area (TPSA) is 60.7 Å². The van der Waals surface area contributed by atoms with Crippen molar-refractivity contribution in [2.75, 3.05) is 6.61 Å². The maximum Gasteiger partial charge on any atom is 0.326 e. The Morgan fingerprint density at radius 3 is 2.70 bits per heavy atom. The maximum atomic E-state index is 13.4. The highest BCUT2D eigenvalue weighted by Gasteiger charge is 2.14. The third-order valence-corrected chi connectivity index (χ3v) is 5.21. The molecule has 0 saturated heterocycles. The van der Waals surface area contributed by atoms with Crippen molar-refractivity contribution >= 4 is 33.4 Å². The summed E-state index contributed by atoms with van der Waals surface area (Å²) in [4.78, 5) is 29.1. The summed E-state index contributed by atoms with van der Waals surface area (Å²) in [5.74, 6) is -1.47. The second-order valence-corrected chi connectivity index (χ2v) is 7.11. The van der Waals surface area contributed by atoms with Crippen LogP contribution < -0.4 is 4.80 Å². The van der Waals surface area contributed by atoms with Crippen molar-refractivity contribution in [3.63, 3.8) is 0 Å². The van der Waals surface area contributed by atoms with Gasteiger partial charge in [-0.1, -0.05) is 23.5 Å². The van der Waals surface area contributed by atoms with Gasteiger partial charge in [0, 0.05) is 5.56 Å². The Morgan fingerprint density at radius 1 is 1.22 bits per heavy atom. The number of ether oxygens (including phenoxy) is 1. The van der Waals surface area contributed by atoms with E-state index in [2.05, 4.69) is 4.99 Å². The van der Waals surface area contributed by atoms with Gasteiger partial charge in [-0.15, -0.1) is 0 Å². The summed E-state index contributed by atoms with van der Waals surface area (Å²) in [5, 5.41) is 0. The first-order valence-corrected chi connectivity index (χ1v) is 9.31. The zero-order valence-electron chi connectivity index (χ0n) is 15.3. The number of benzene rings is 2. The predicted octanol–water partition coefficient (Wildman–Crippen LogP) is 3.76. The maximum absolute atomic E-state index is 13.4. The van der Waals surface area contributed by atoms with Crippen molar-refractivity contribution in [1.29, 1.82) is 0 Å². The normalized spacial score (nSPS) is 11.8. The average molecular weight is 386 g/mol. The monoisotopic (exact) mass is 386 g/mol. The van der Waals surface area contributed by atoms with Crippen LogP contribution in [0.3, 0.4) is 0 Å². The van der Waals surface area contributed by atoms with Gasteiger partial charge in [-0.25, -0.2) is 4.39 Å². The summed E-state index contributed by atoms with van der Waals surface area (Å²) < 4.78 is 21.1. The summed E-state index contributed by atoms with van der Waals surface area (Å²) >= 11 is 1.32. The Labute approximate surface area is 159 Å². The smallest absolute Gasteiger partial charge is 0.326 e. The van der Waals surface area contributed by atoms with Crippen LogP contribution in [0.4, 0.5) is 4.39 Å². The van der Waals surface area contributed by atoms with Crippen molar-refractivity contribution in [2.24, 2.45) is 4.99 Å². The molecule has 7 heteroatoms. The third-order valence-electron chi connectivity index (χ3n) is 3.98. The average Bonchev–Trinajstić information content (AvgIpc) is 2.93. The fourth-order valence-electron chi connectivity index (χ4n) is 2.86. The zero-order chi connectivity index (χ0) is 19.6. The molecule has 0 saturated carbocycles. The van der Waals surface area contributed by atoms with Gasteiger partial charge < -0.3 is 9.30 Å². The highest BCUT2D eigenvalue weighted by molar-refractivity contribution is 7.16. The van der Waals surface area contributed by atoms with Crippen molar-refractivity contribution < 1.29 is 18.7 Å². The Kier molecular flexibility index (Phi) is 5.51. The van der Waals surface area contributed by atoms with Crippen molar-refractivity contribution in [1.82, 2.24) is 4.57 Å². The van der Waals surface area contributed by atoms with Gasteiger partial charge in [0.15, 0.2) is 4.80 Å².